The third kappa shape index (κ3) is 4.71. The summed E-state index contributed by atoms with van der Waals surface area (Å²) in [5.74, 6) is -0.0979. The van der Waals surface area contributed by atoms with Gasteiger partial charge in [0, 0.05) is 37.5 Å². The van der Waals surface area contributed by atoms with E-state index in [0.29, 0.717) is 12.1 Å². The van der Waals surface area contributed by atoms with E-state index in [1.165, 1.54) is 4.90 Å². The molecule has 3 rings (SSSR count). The Morgan fingerprint density at radius 1 is 1.00 bits per heavy atom. The summed E-state index contributed by atoms with van der Waals surface area (Å²) in [6.07, 6.45) is 0.279. The van der Waals surface area contributed by atoms with E-state index in [4.69, 9.17) is 0 Å². The van der Waals surface area contributed by atoms with Gasteiger partial charge in [-0.25, -0.2) is 4.68 Å². The molecular weight excluding hydrogens is 364 g/mol. The highest BCUT2D eigenvalue weighted by atomic mass is 16.2. The lowest BCUT2D eigenvalue weighted by Gasteiger charge is -2.11. The van der Waals surface area contributed by atoms with Crippen molar-refractivity contribution < 1.29 is 9.59 Å². The molecule has 0 aliphatic heterocycles. The Morgan fingerprint density at radius 3 is 2.28 bits per heavy atom. The first kappa shape index (κ1) is 20.3. The average molecular weight is 390 g/mol. The summed E-state index contributed by atoms with van der Waals surface area (Å²) in [4.78, 5) is 26.0. The molecule has 0 saturated carbocycles. The van der Waals surface area contributed by atoms with Crippen molar-refractivity contribution in [3.63, 3.8) is 0 Å². The fraction of sp³-hybridized carbons (Fsp3) is 0.261. The molecule has 0 aliphatic carbocycles. The lowest BCUT2D eigenvalue weighted by atomic mass is 10.1. The number of para-hydroxylation sites is 1. The largest absolute Gasteiger partial charge is 0.352 e. The van der Waals surface area contributed by atoms with Crippen molar-refractivity contribution in [1.82, 2.24) is 20.0 Å². The lowest BCUT2D eigenvalue weighted by molar-refractivity contribution is -0.120. The molecular formula is C23H26N4O2. The van der Waals surface area contributed by atoms with E-state index in [2.05, 4.69) is 10.4 Å². The van der Waals surface area contributed by atoms with E-state index in [1.54, 1.807) is 26.2 Å². The molecule has 6 heteroatoms. The van der Waals surface area contributed by atoms with Crippen LogP contribution in [-0.4, -0.2) is 40.6 Å². The first-order valence-corrected chi connectivity index (χ1v) is 9.54. The summed E-state index contributed by atoms with van der Waals surface area (Å²) < 4.78 is 1.87. The van der Waals surface area contributed by atoms with E-state index >= 15 is 0 Å². The Kier molecular flexibility index (Phi) is 6.12. The van der Waals surface area contributed by atoms with Crippen LogP contribution >= 0.6 is 0 Å². The summed E-state index contributed by atoms with van der Waals surface area (Å²) in [5, 5.41) is 7.54. The molecule has 29 heavy (non-hydrogen) atoms. The van der Waals surface area contributed by atoms with Crippen molar-refractivity contribution in [3.05, 3.63) is 82.7 Å². The van der Waals surface area contributed by atoms with Gasteiger partial charge in [-0.2, -0.15) is 5.10 Å². The van der Waals surface area contributed by atoms with Gasteiger partial charge >= 0.3 is 0 Å². The molecule has 6 nitrogen and oxygen atoms in total. The molecule has 0 saturated heterocycles. The molecule has 0 atom stereocenters. The van der Waals surface area contributed by atoms with Crippen molar-refractivity contribution in [3.8, 4) is 5.69 Å². The molecule has 2 amide bonds. The summed E-state index contributed by atoms with van der Waals surface area (Å²) in [6, 6.07) is 17.2. The van der Waals surface area contributed by atoms with Gasteiger partial charge in [0.05, 0.1) is 17.8 Å². The van der Waals surface area contributed by atoms with Crippen LogP contribution in [0.1, 0.15) is 32.9 Å². The highest BCUT2D eigenvalue weighted by molar-refractivity contribution is 5.93. The highest BCUT2D eigenvalue weighted by Crippen LogP contribution is 2.18. The predicted octanol–water partition coefficient (Wildman–Crippen LogP) is 3.05. The number of benzene rings is 2. The quantitative estimate of drug-likeness (QED) is 0.703. The molecule has 1 aromatic heterocycles. The zero-order chi connectivity index (χ0) is 21.0. The maximum absolute atomic E-state index is 12.5. The topological polar surface area (TPSA) is 67.2 Å². The Hall–Kier alpha value is -3.41. The minimum Gasteiger partial charge on any atom is -0.352 e. The Balaban J connectivity index is 1.63. The molecule has 2 aromatic carbocycles. The van der Waals surface area contributed by atoms with Crippen LogP contribution in [0.25, 0.3) is 5.69 Å². The van der Waals surface area contributed by atoms with Crippen LogP contribution in [0.5, 0.6) is 0 Å². The van der Waals surface area contributed by atoms with E-state index < -0.39 is 0 Å². The van der Waals surface area contributed by atoms with Crippen molar-refractivity contribution >= 4 is 11.8 Å². The van der Waals surface area contributed by atoms with Crippen LogP contribution in [0.4, 0.5) is 0 Å². The fourth-order valence-corrected chi connectivity index (χ4v) is 3.20. The van der Waals surface area contributed by atoms with E-state index in [-0.39, 0.29) is 18.2 Å². The number of carbonyl (C=O) groups is 2. The van der Waals surface area contributed by atoms with E-state index in [9.17, 15) is 9.59 Å². The Bertz CT molecular complexity index is 1010. The molecule has 1 N–H and O–H groups in total. The zero-order valence-electron chi connectivity index (χ0n) is 17.3. The van der Waals surface area contributed by atoms with Gasteiger partial charge in [-0.15, -0.1) is 0 Å². The lowest BCUT2D eigenvalue weighted by Crippen LogP contribution is -2.25. The number of hydrogen-bond acceptors (Lipinski definition) is 3. The van der Waals surface area contributed by atoms with Gasteiger partial charge < -0.3 is 10.2 Å². The summed E-state index contributed by atoms with van der Waals surface area (Å²) in [6.45, 7) is 4.33. The molecule has 0 radical (unpaired) electrons. The molecule has 0 unspecified atom stereocenters. The maximum atomic E-state index is 12.5. The number of nitrogens with one attached hydrogen (secondary N) is 1. The van der Waals surface area contributed by atoms with Gasteiger partial charge in [0.2, 0.25) is 5.91 Å². The van der Waals surface area contributed by atoms with E-state index in [1.807, 2.05) is 61.0 Å². The number of aromatic nitrogens is 2. The maximum Gasteiger partial charge on any atom is 0.253 e. The van der Waals surface area contributed by atoms with Gasteiger partial charge in [0.1, 0.15) is 0 Å². The standard InChI is InChI=1S/C23H26N4O2/c1-16-21(17(2)27(25-16)20-8-6-5-7-9-20)14-22(28)24-15-18-10-12-19(13-11-18)23(29)26(3)4/h5-13H,14-15H2,1-4H3,(H,24,28). The van der Waals surface area contributed by atoms with Crippen molar-refractivity contribution in [2.24, 2.45) is 0 Å². The molecule has 0 bridgehead atoms. The molecule has 3 aromatic rings. The van der Waals surface area contributed by atoms with Crippen molar-refractivity contribution in [1.29, 1.82) is 0 Å². The van der Waals surface area contributed by atoms with Crippen LogP contribution in [0.2, 0.25) is 0 Å². The predicted molar refractivity (Wildman–Crippen MR) is 113 cm³/mol. The third-order valence-electron chi connectivity index (χ3n) is 4.88. The second-order valence-corrected chi connectivity index (χ2v) is 7.25. The Morgan fingerprint density at radius 2 is 1.66 bits per heavy atom. The number of amides is 2. The number of aryl methyl sites for hydroxylation is 1. The molecule has 0 spiro atoms. The molecule has 0 fully saturated rings. The summed E-state index contributed by atoms with van der Waals surface area (Å²) in [5.41, 5.74) is 5.32. The van der Waals surface area contributed by atoms with Crippen LogP contribution in [0, 0.1) is 13.8 Å². The minimum absolute atomic E-state index is 0.0398. The fourth-order valence-electron chi connectivity index (χ4n) is 3.20. The summed E-state index contributed by atoms with van der Waals surface area (Å²) >= 11 is 0. The highest BCUT2D eigenvalue weighted by Gasteiger charge is 2.16. The number of carbonyl (C=O) groups excluding carboxylic acids is 2. The van der Waals surface area contributed by atoms with Crippen molar-refractivity contribution in [2.75, 3.05) is 14.1 Å². The second kappa shape index (κ2) is 8.73. The molecule has 1 heterocycles. The first-order valence-electron chi connectivity index (χ1n) is 9.54. The van der Waals surface area contributed by atoms with Gasteiger partial charge in [-0.3, -0.25) is 9.59 Å². The van der Waals surface area contributed by atoms with Crippen LogP contribution in [0.15, 0.2) is 54.6 Å². The van der Waals surface area contributed by atoms with Gasteiger partial charge in [-0.1, -0.05) is 30.3 Å². The SMILES string of the molecule is Cc1nn(-c2ccccc2)c(C)c1CC(=O)NCc1ccc(C(=O)N(C)C)cc1. The normalized spacial score (nSPS) is 10.6. The average Bonchev–Trinajstić information content (AvgIpc) is 3.01. The minimum atomic E-state index is -0.0581. The second-order valence-electron chi connectivity index (χ2n) is 7.25. The van der Waals surface area contributed by atoms with Gasteiger partial charge in [0.15, 0.2) is 0 Å². The summed E-state index contributed by atoms with van der Waals surface area (Å²) in [7, 11) is 3.45. The number of hydrogen-bond donors (Lipinski definition) is 1. The number of nitrogens with zero attached hydrogens (tertiary/aromatic N) is 3. The Labute approximate surface area is 171 Å². The van der Waals surface area contributed by atoms with Crippen molar-refractivity contribution in [2.45, 2.75) is 26.8 Å². The monoisotopic (exact) mass is 390 g/mol. The molecule has 0 aliphatic rings. The smallest absolute Gasteiger partial charge is 0.253 e. The van der Waals surface area contributed by atoms with Crippen LogP contribution in [0.3, 0.4) is 0 Å². The molecule has 150 valence electrons. The van der Waals surface area contributed by atoms with Gasteiger partial charge in [0.25, 0.3) is 5.91 Å². The third-order valence-corrected chi connectivity index (χ3v) is 4.88. The zero-order valence-corrected chi connectivity index (χ0v) is 17.3. The van der Waals surface area contributed by atoms with Crippen LogP contribution < -0.4 is 5.32 Å². The van der Waals surface area contributed by atoms with Crippen LogP contribution in [-0.2, 0) is 17.8 Å². The van der Waals surface area contributed by atoms with Gasteiger partial charge in [-0.05, 0) is 43.7 Å². The number of rotatable bonds is 6. The first-order chi connectivity index (χ1) is 13.9. The van der Waals surface area contributed by atoms with E-state index in [0.717, 1.165) is 28.2 Å².